The van der Waals surface area contributed by atoms with E-state index in [1.807, 2.05) is 16.7 Å². The van der Waals surface area contributed by atoms with Crippen molar-refractivity contribution in [3.63, 3.8) is 0 Å². The molecule has 0 aromatic rings. The van der Waals surface area contributed by atoms with Gasteiger partial charge in [-0.3, -0.25) is 9.79 Å². The number of guanidine groups is 1. The summed E-state index contributed by atoms with van der Waals surface area (Å²) in [6, 6.07) is 0. The Morgan fingerprint density at radius 3 is 2.31 bits per heavy atom. The molecule has 0 aromatic heterocycles. The van der Waals surface area contributed by atoms with E-state index in [2.05, 4.69) is 10.3 Å². The topological polar surface area (TPSA) is 57.2 Å². The maximum atomic E-state index is 12.5. The average molecular weight is 492 g/mol. The summed E-state index contributed by atoms with van der Waals surface area (Å²) in [6.07, 6.45) is -3.73. The van der Waals surface area contributed by atoms with Crippen molar-refractivity contribution in [2.45, 2.75) is 32.4 Å². The van der Waals surface area contributed by atoms with Crippen molar-refractivity contribution in [2.75, 3.05) is 52.5 Å². The van der Waals surface area contributed by atoms with Gasteiger partial charge in [0.2, 0.25) is 5.91 Å². The molecule has 2 saturated heterocycles. The number of likely N-dealkylation sites (tertiary alicyclic amines) is 1. The Balaban J connectivity index is 0.00000338. The Bertz CT molecular complexity index is 463. The Morgan fingerprint density at radius 1 is 1.15 bits per heavy atom. The molecule has 0 atom stereocenters. The molecular formula is C16H28F3IN4O2. The first-order valence-corrected chi connectivity index (χ1v) is 8.87. The number of alkyl halides is 3. The van der Waals surface area contributed by atoms with Gasteiger partial charge in [0.15, 0.2) is 5.96 Å². The van der Waals surface area contributed by atoms with E-state index in [-0.39, 0.29) is 42.3 Å². The molecule has 0 saturated carbocycles. The number of carbonyl (C=O) groups is 1. The summed E-state index contributed by atoms with van der Waals surface area (Å²) in [4.78, 5) is 20.4. The molecule has 6 nitrogen and oxygen atoms in total. The minimum atomic E-state index is -4.20. The zero-order valence-corrected chi connectivity index (χ0v) is 17.4. The van der Waals surface area contributed by atoms with Gasteiger partial charge in [-0.15, -0.1) is 24.0 Å². The largest absolute Gasteiger partial charge is 0.390 e. The Morgan fingerprint density at radius 2 is 1.77 bits per heavy atom. The van der Waals surface area contributed by atoms with Crippen LogP contribution in [0.15, 0.2) is 4.99 Å². The smallest absolute Gasteiger partial charge is 0.378 e. The number of hydrogen-bond donors (Lipinski definition) is 1. The van der Waals surface area contributed by atoms with Crippen molar-refractivity contribution >= 4 is 35.8 Å². The van der Waals surface area contributed by atoms with Gasteiger partial charge < -0.3 is 19.9 Å². The normalized spacial score (nSPS) is 19.9. The van der Waals surface area contributed by atoms with Gasteiger partial charge in [0.25, 0.3) is 0 Å². The molecule has 0 aliphatic carbocycles. The first kappa shape index (κ1) is 23.3. The number of hydrogen-bond acceptors (Lipinski definition) is 3. The number of piperidine rings is 1. The first-order chi connectivity index (χ1) is 11.9. The number of carbonyl (C=O) groups excluding carboxylic acids is 1. The van der Waals surface area contributed by atoms with Gasteiger partial charge in [-0.2, -0.15) is 13.2 Å². The van der Waals surface area contributed by atoms with Crippen LogP contribution >= 0.6 is 24.0 Å². The highest BCUT2D eigenvalue weighted by atomic mass is 127. The minimum Gasteiger partial charge on any atom is -0.378 e. The van der Waals surface area contributed by atoms with Gasteiger partial charge in [0.05, 0.1) is 26.2 Å². The fraction of sp³-hybridized carbons (Fsp3) is 0.875. The van der Waals surface area contributed by atoms with Crippen molar-refractivity contribution < 1.29 is 22.7 Å². The monoisotopic (exact) mass is 492 g/mol. The van der Waals surface area contributed by atoms with Crippen LogP contribution in [0, 0.1) is 5.92 Å². The highest BCUT2D eigenvalue weighted by Gasteiger charge is 2.31. The third kappa shape index (κ3) is 7.45. The molecule has 2 heterocycles. The lowest BCUT2D eigenvalue weighted by molar-refractivity contribution is -0.141. The molecule has 1 N–H and O–H groups in total. The predicted octanol–water partition coefficient (Wildman–Crippen LogP) is 2.09. The third-order valence-corrected chi connectivity index (χ3v) is 4.46. The van der Waals surface area contributed by atoms with Crippen LogP contribution in [-0.2, 0) is 9.53 Å². The molecule has 0 unspecified atom stereocenters. The molecule has 2 rings (SSSR count). The van der Waals surface area contributed by atoms with E-state index < -0.39 is 12.6 Å². The van der Waals surface area contributed by atoms with Crippen molar-refractivity contribution in [1.29, 1.82) is 0 Å². The lowest BCUT2D eigenvalue weighted by Gasteiger charge is -2.36. The van der Waals surface area contributed by atoms with E-state index in [0.717, 1.165) is 0 Å². The number of nitrogens with zero attached hydrogens (tertiary/aromatic N) is 3. The van der Waals surface area contributed by atoms with Crippen LogP contribution in [0.1, 0.15) is 26.2 Å². The molecule has 2 aliphatic rings. The molecule has 0 aromatic carbocycles. The summed E-state index contributed by atoms with van der Waals surface area (Å²) in [5.74, 6) is 0.651. The fourth-order valence-electron chi connectivity index (χ4n) is 3.09. The molecule has 1 amide bonds. The van der Waals surface area contributed by atoms with Crippen LogP contribution in [0.3, 0.4) is 0 Å². The summed E-state index contributed by atoms with van der Waals surface area (Å²) in [7, 11) is 0. The Labute approximate surface area is 169 Å². The van der Waals surface area contributed by atoms with Crippen LogP contribution in [0.5, 0.6) is 0 Å². The maximum absolute atomic E-state index is 12.5. The molecule has 10 heteroatoms. The summed E-state index contributed by atoms with van der Waals surface area (Å²) in [5, 5.41) is 3.04. The van der Waals surface area contributed by atoms with E-state index in [1.165, 1.54) is 0 Å². The molecule has 2 fully saturated rings. The average Bonchev–Trinajstić information content (AvgIpc) is 2.60. The van der Waals surface area contributed by atoms with Crippen LogP contribution < -0.4 is 5.32 Å². The molecule has 2 aliphatic heterocycles. The summed E-state index contributed by atoms with van der Waals surface area (Å²) in [5.41, 5.74) is 0. The van der Waals surface area contributed by atoms with Gasteiger partial charge in [0.1, 0.15) is 0 Å². The zero-order chi connectivity index (χ0) is 18.3. The SMILES string of the molecule is CCNC(=NCCC(F)(F)F)N1CCC(C(=O)N2CCOCC2)CC1.I. The second-order valence-electron chi connectivity index (χ2n) is 6.30. The number of halogens is 4. The fourth-order valence-corrected chi connectivity index (χ4v) is 3.09. The van der Waals surface area contributed by atoms with E-state index in [1.54, 1.807) is 0 Å². The van der Waals surface area contributed by atoms with Crippen LogP contribution in [0.4, 0.5) is 13.2 Å². The van der Waals surface area contributed by atoms with Gasteiger partial charge >= 0.3 is 6.18 Å². The Kier molecular flexibility index (Phi) is 9.98. The number of aliphatic imine (C=N–C) groups is 1. The van der Waals surface area contributed by atoms with Crippen molar-refractivity contribution in [1.82, 2.24) is 15.1 Å². The van der Waals surface area contributed by atoms with Gasteiger partial charge in [-0.05, 0) is 19.8 Å². The first-order valence-electron chi connectivity index (χ1n) is 8.87. The molecule has 0 bridgehead atoms. The standard InChI is InChI=1S/C16H27F3N4O2.HI/c1-2-20-15(21-6-5-16(17,18)19)23-7-3-13(4-8-23)14(24)22-9-11-25-12-10-22;/h13H,2-12H2,1H3,(H,20,21);1H. The highest BCUT2D eigenvalue weighted by molar-refractivity contribution is 14.0. The number of rotatable bonds is 4. The third-order valence-electron chi connectivity index (χ3n) is 4.46. The van der Waals surface area contributed by atoms with Gasteiger partial charge in [-0.1, -0.05) is 0 Å². The van der Waals surface area contributed by atoms with E-state index in [0.29, 0.717) is 64.7 Å². The van der Waals surface area contributed by atoms with Crippen molar-refractivity contribution in [3.8, 4) is 0 Å². The second kappa shape index (κ2) is 11.2. The second-order valence-corrected chi connectivity index (χ2v) is 6.30. The highest BCUT2D eigenvalue weighted by Crippen LogP contribution is 2.21. The van der Waals surface area contributed by atoms with Crippen molar-refractivity contribution in [3.05, 3.63) is 0 Å². The van der Waals surface area contributed by atoms with Crippen LogP contribution in [0.25, 0.3) is 0 Å². The quantitative estimate of drug-likeness (QED) is 0.371. The summed E-state index contributed by atoms with van der Waals surface area (Å²) >= 11 is 0. The zero-order valence-electron chi connectivity index (χ0n) is 15.1. The molecule has 26 heavy (non-hydrogen) atoms. The van der Waals surface area contributed by atoms with E-state index in [4.69, 9.17) is 4.74 Å². The van der Waals surface area contributed by atoms with Gasteiger partial charge in [0, 0.05) is 38.6 Å². The number of morpholine rings is 1. The summed E-state index contributed by atoms with van der Waals surface area (Å²) < 4.78 is 42.2. The van der Waals surface area contributed by atoms with Crippen LogP contribution in [0.2, 0.25) is 0 Å². The summed E-state index contributed by atoms with van der Waals surface area (Å²) in [6.45, 7) is 5.89. The number of nitrogens with one attached hydrogen (secondary N) is 1. The number of amides is 1. The number of ether oxygens (including phenoxy) is 1. The van der Waals surface area contributed by atoms with Crippen molar-refractivity contribution in [2.24, 2.45) is 10.9 Å². The van der Waals surface area contributed by atoms with E-state index in [9.17, 15) is 18.0 Å². The lowest BCUT2D eigenvalue weighted by Crippen LogP contribution is -2.50. The Hall–Kier alpha value is -0.780. The molecule has 152 valence electrons. The lowest BCUT2D eigenvalue weighted by atomic mass is 9.95. The molecule has 0 radical (unpaired) electrons. The molecule has 0 spiro atoms. The van der Waals surface area contributed by atoms with E-state index >= 15 is 0 Å². The van der Waals surface area contributed by atoms with Crippen LogP contribution in [-0.4, -0.2) is 80.3 Å². The minimum absolute atomic E-state index is 0. The maximum Gasteiger partial charge on any atom is 0.390 e. The molecular weight excluding hydrogens is 464 g/mol. The van der Waals surface area contributed by atoms with Gasteiger partial charge in [-0.25, -0.2) is 0 Å². The predicted molar refractivity (Wildman–Crippen MR) is 104 cm³/mol.